The van der Waals surface area contributed by atoms with Crippen LogP contribution in [0.25, 0.3) is 0 Å². The highest BCUT2D eigenvalue weighted by atomic mass is 32.2. The number of aryl methyl sites for hydroxylation is 2. The maximum absolute atomic E-state index is 13.9. The van der Waals surface area contributed by atoms with Crippen LogP contribution in [0.4, 0.5) is 0 Å². The van der Waals surface area contributed by atoms with Gasteiger partial charge in [0.1, 0.15) is 5.69 Å². The van der Waals surface area contributed by atoms with E-state index in [-0.39, 0.29) is 79.4 Å². The van der Waals surface area contributed by atoms with Crippen molar-refractivity contribution in [3.8, 4) is 0 Å². The van der Waals surface area contributed by atoms with Gasteiger partial charge >= 0.3 is 11.9 Å². The molecule has 4 fully saturated rings. The van der Waals surface area contributed by atoms with E-state index in [0.717, 1.165) is 24.1 Å². The van der Waals surface area contributed by atoms with Crippen LogP contribution in [0.2, 0.25) is 0 Å². The molecule has 2 aromatic rings. The van der Waals surface area contributed by atoms with E-state index >= 15 is 0 Å². The van der Waals surface area contributed by atoms with Gasteiger partial charge in [-0.25, -0.2) is 26.4 Å². The fourth-order valence-corrected chi connectivity index (χ4v) is 13.4. The Morgan fingerprint density at radius 3 is 1.98 bits per heavy atom. The molecule has 0 atom stereocenters. The molecule has 4 saturated carbocycles. The van der Waals surface area contributed by atoms with Gasteiger partial charge < -0.3 is 19.5 Å². The summed E-state index contributed by atoms with van der Waals surface area (Å²) in [7, 11) is -6.50. The van der Waals surface area contributed by atoms with Crippen molar-refractivity contribution in [3.05, 3.63) is 33.9 Å². The van der Waals surface area contributed by atoms with Crippen LogP contribution in [-0.2, 0) is 61.6 Å². The number of aliphatic hydroxyl groups excluding tert-OH is 1. The molecule has 8 rings (SSSR count). The van der Waals surface area contributed by atoms with Crippen LogP contribution >= 0.6 is 0 Å². The van der Waals surface area contributed by atoms with E-state index in [2.05, 4.69) is 15.1 Å². The molecule has 0 radical (unpaired) electrons. The molecule has 0 aromatic carbocycles. The third kappa shape index (κ3) is 6.67. The first kappa shape index (κ1) is 37.6. The van der Waals surface area contributed by atoms with Crippen molar-refractivity contribution in [1.82, 2.24) is 29.4 Å². The van der Waals surface area contributed by atoms with Gasteiger partial charge in [0.25, 0.3) is 5.91 Å². The molecule has 2 aromatic heterocycles. The molecule has 54 heavy (non-hydrogen) atoms. The van der Waals surface area contributed by atoms with Crippen molar-refractivity contribution in [2.75, 3.05) is 46.0 Å². The van der Waals surface area contributed by atoms with Gasteiger partial charge in [-0.3, -0.25) is 19.1 Å². The minimum atomic E-state index is -3.33. The summed E-state index contributed by atoms with van der Waals surface area (Å²) in [4.78, 5) is 44.0. The predicted octanol–water partition coefficient (Wildman–Crippen LogP) is 1.46. The van der Waals surface area contributed by atoms with Crippen molar-refractivity contribution in [2.24, 2.45) is 0 Å². The zero-order valence-corrected chi connectivity index (χ0v) is 32.5. The summed E-state index contributed by atoms with van der Waals surface area (Å²) in [5, 5.41) is 18.1. The normalized spacial score (nSPS) is 21.7. The van der Waals surface area contributed by atoms with E-state index in [1.165, 1.54) is 4.68 Å². The second kappa shape index (κ2) is 14.0. The number of aromatic nitrogens is 4. The Hall–Kier alpha value is -3.35. The first-order chi connectivity index (χ1) is 25.8. The number of hydrogen-bond donors (Lipinski definition) is 1. The zero-order chi connectivity index (χ0) is 38.0. The topological polar surface area (TPSA) is 200 Å². The molecule has 2 aliphatic heterocycles. The summed E-state index contributed by atoms with van der Waals surface area (Å²) in [5.74, 6) is -1.60. The Labute approximate surface area is 315 Å². The van der Waals surface area contributed by atoms with Crippen LogP contribution in [0.15, 0.2) is 0 Å². The molecule has 6 aliphatic rings. The highest BCUT2D eigenvalue weighted by Gasteiger charge is 2.61. The van der Waals surface area contributed by atoms with Gasteiger partial charge in [0.15, 0.2) is 31.1 Å². The number of sulfone groups is 2. The van der Waals surface area contributed by atoms with Crippen LogP contribution in [0.1, 0.15) is 119 Å². The first-order valence-electron chi connectivity index (χ1n) is 19.5. The van der Waals surface area contributed by atoms with Crippen LogP contribution in [0.3, 0.4) is 0 Å². The standard InChI is InChI=1S/C36H50N6O10S2/c1-2-51-33(45)30-27-10-18-40(23-36(13-14-36)54(49,50)25-7-8-25)32(44)31(27)42(38-30)16-4-20-52-34(46)29-26-9-17-39(21-28(26)41(37-29)15-3-19-43)22-35(11-12-35)53(47,48)24-5-6-24/h24-25,43H,2-23H2,1H3. The number of carbonyl (C=O) groups excluding carboxylic acids is 3. The number of nitrogens with zero attached hydrogens (tertiary/aromatic N) is 6. The molecule has 0 saturated heterocycles. The molecule has 1 amide bonds. The largest absolute Gasteiger partial charge is 0.461 e. The van der Waals surface area contributed by atoms with E-state index in [4.69, 9.17) is 9.47 Å². The van der Waals surface area contributed by atoms with Gasteiger partial charge in [-0.2, -0.15) is 10.2 Å². The number of esters is 2. The highest BCUT2D eigenvalue weighted by Crippen LogP contribution is 2.52. The van der Waals surface area contributed by atoms with Crippen LogP contribution in [-0.4, -0.2) is 135 Å². The summed E-state index contributed by atoms with van der Waals surface area (Å²) in [5.41, 5.74) is 2.58. The van der Waals surface area contributed by atoms with Crippen molar-refractivity contribution >= 4 is 37.5 Å². The van der Waals surface area contributed by atoms with E-state index in [9.17, 15) is 36.3 Å². The van der Waals surface area contributed by atoms with Gasteiger partial charge in [-0.15, -0.1) is 0 Å². The van der Waals surface area contributed by atoms with Crippen molar-refractivity contribution in [3.63, 3.8) is 0 Å². The quantitative estimate of drug-likeness (QED) is 0.168. The van der Waals surface area contributed by atoms with E-state index < -0.39 is 41.1 Å². The smallest absolute Gasteiger partial charge is 0.359 e. The molecule has 4 heterocycles. The average Bonchev–Trinajstić information content (AvgIpc) is 3.95. The fraction of sp³-hybridized carbons (Fsp3) is 0.750. The van der Waals surface area contributed by atoms with E-state index in [0.29, 0.717) is 89.5 Å². The van der Waals surface area contributed by atoms with Gasteiger partial charge in [0.2, 0.25) is 0 Å². The van der Waals surface area contributed by atoms with Crippen molar-refractivity contribution < 1.29 is 45.8 Å². The Balaban J connectivity index is 0.936. The second-order valence-corrected chi connectivity index (χ2v) is 21.2. The van der Waals surface area contributed by atoms with Crippen molar-refractivity contribution in [2.45, 2.75) is 124 Å². The predicted molar refractivity (Wildman–Crippen MR) is 193 cm³/mol. The summed E-state index contributed by atoms with van der Waals surface area (Å²) in [6.45, 7) is 4.22. The SMILES string of the molecule is CCOC(=O)c1nn(CCCOC(=O)c2nn(CCCO)c3c2CCN(CC2(S(=O)(=O)C4CC4)CC2)C3)c2c1CCN(CC1(S(=O)(=O)C3CC3)CC1)C2=O. The zero-order valence-electron chi connectivity index (χ0n) is 30.8. The number of rotatable bonds is 18. The summed E-state index contributed by atoms with van der Waals surface area (Å²) in [6.07, 6.45) is 6.83. The number of hydrogen-bond acceptors (Lipinski definition) is 13. The Morgan fingerprint density at radius 2 is 1.37 bits per heavy atom. The molecule has 0 spiro atoms. The van der Waals surface area contributed by atoms with Gasteiger partial charge in [0.05, 0.1) is 38.9 Å². The fourth-order valence-electron chi connectivity index (χ4n) is 8.40. The average molecular weight is 791 g/mol. The molecule has 0 unspecified atom stereocenters. The molecular formula is C36H50N6O10S2. The number of ether oxygens (including phenoxy) is 2. The lowest BCUT2D eigenvalue weighted by Crippen LogP contribution is -2.47. The van der Waals surface area contributed by atoms with Gasteiger partial charge in [-0.1, -0.05) is 0 Å². The lowest BCUT2D eigenvalue weighted by molar-refractivity contribution is 0.0482. The molecule has 296 valence electrons. The molecule has 16 nitrogen and oxygen atoms in total. The molecule has 1 N–H and O–H groups in total. The van der Waals surface area contributed by atoms with Gasteiger partial charge in [0, 0.05) is 70.0 Å². The molecule has 18 heteroatoms. The van der Waals surface area contributed by atoms with Gasteiger partial charge in [-0.05, 0) is 77.6 Å². The van der Waals surface area contributed by atoms with Crippen LogP contribution in [0.5, 0.6) is 0 Å². The lowest BCUT2D eigenvalue weighted by atomic mass is 10.0. The Morgan fingerprint density at radius 1 is 0.796 bits per heavy atom. The number of amides is 1. The van der Waals surface area contributed by atoms with Crippen molar-refractivity contribution in [1.29, 1.82) is 0 Å². The Kier molecular flexibility index (Phi) is 9.73. The third-order valence-electron chi connectivity index (χ3n) is 12.1. The highest BCUT2D eigenvalue weighted by molar-refractivity contribution is 7.94. The monoisotopic (exact) mass is 790 g/mol. The maximum atomic E-state index is 13.9. The number of carbonyl (C=O) groups is 3. The van der Waals surface area contributed by atoms with E-state index in [1.807, 2.05) is 0 Å². The molecule has 4 aliphatic carbocycles. The first-order valence-corrected chi connectivity index (χ1v) is 22.6. The number of fused-ring (bicyclic) bond motifs is 2. The second-order valence-electron chi connectivity index (χ2n) is 16.0. The summed E-state index contributed by atoms with van der Waals surface area (Å²) >= 11 is 0. The number of aliphatic hydroxyl groups is 1. The Bertz CT molecular complexity index is 2060. The van der Waals surface area contributed by atoms with Crippen LogP contribution < -0.4 is 0 Å². The van der Waals surface area contributed by atoms with E-state index in [1.54, 1.807) is 16.5 Å². The third-order valence-corrected chi connectivity index (χ3v) is 18.3. The lowest BCUT2D eigenvalue weighted by Gasteiger charge is -2.31. The molecular weight excluding hydrogens is 741 g/mol. The maximum Gasteiger partial charge on any atom is 0.359 e. The molecule has 0 bridgehead atoms. The van der Waals surface area contributed by atoms with Crippen LogP contribution in [0, 0.1) is 0 Å². The summed E-state index contributed by atoms with van der Waals surface area (Å²) < 4.78 is 65.4. The minimum absolute atomic E-state index is 0.0190. The summed E-state index contributed by atoms with van der Waals surface area (Å²) in [6, 6.07) is 0. The minimum Gasteiger partial charge on any atom is -0.461 e.